The van der Waals surface area contributed by atoms with E-state index in [1.807, 2.05) is 12.1 Å². The number of methoxy groups -OCH3 is 1. The van der Waals surface area contributed by atoms with Crippen molar-refractivity contribution in [3.8, 4) is 18.0 Å². The van der Waals surface area contributed by atoms with Crippen LogP contribution in [0.3, 0.4) is 0 Å². The number of pyridine rings is 1. The molecule has 0 saturated carbocycles. The van der Waals surface area contributed by atoms with Crippen molar-refractivity contribution in [1.82, 2.24) is 9.47 Å². The highest BCUT2D eigenvalue weighted by Gasteiger charge is 2.37. The van der Waals surface area contributed by atoms with Gasteiger partial charge in [-0.1, -0.05) is 0 Å². The molecule has 0 aliphatic carbocycles. The summed E-state index contributed by atoms with van der Waals surface area (Å²) in [6, 6.07) is 4.96. The van der Waals surface area contributed by atoms with E-state index < -0.39 is 23.3 Å². The van der Waals surface area contributed by atoms with Gasteiger partial charge in [0, 0.05) is 19.7 Å². The molecule has 12 heteroatoms. The molecule has 32 heavy (non-hydrogen) atoms. The molecule has 2 amide bonds. The number of rotatable bonds is 5. The van der Waals surface area contributed by atoms with Gasteiger partial charge in [0.15, 0.2) is 5.69 Å². The smallest absolute Gasteiger partial charge is 0.281 e. The van der Waals surface area contributed by atoms with E-state index in [4.69, 9.17) is 4.74 Å². The Morgan fingerprint density at radius 3 is 2.41 bits per heavy atom. The van der Waals surface area contributed by atoms with Gasteiger partial charge in [-0.25, -0.2) is 0 Å². The Hall–Kier alpha value is -3.87. The summed E-state index contributed by atoms with van der Waals surface area (Å²) in [5.41, 5.74) is -1.05. The van der Waals surface area contributed by atoms with E-state index in [2.05, 4.69) is 26.2 Å². The number of ether oxygens (including phenoxy) is 1. The van der Waals surface area contributed by atoms with Crippen LogP contribution in [0.25, 0.3) is 0 Å². The van der Waals surface area contributed by atoms with E-state index in [0.29, 0.717) is 0 Å². The van der Waals surface area contributed by atoms with Crippen LogP contribution in [-0.4, -0.2) is 47.2 Å². The SMILES string of the molecule is COCCn1c(O)c(C#N)c(C)c(N=Nc2c(C#N)cc3c(c2Br)C(=O)N(C)C3=O)c1=O. The fourth-order valence-corrected chi connectivity index (χ4v) is 3.86. The molecule has 1 aromatic heterocycles. The van der Waals surface area contributed by atoms with Crippen LogP contribution in [-0.2, 0) is 11.3 Å². The van der Waals surface area contributed by atoms with Crippen molar-refractivity contribution in [2.75, 3.05) is 20.8 Å². The summed E-state index contributed by atoms with van der Waals surface area (Å²) in [6.45, 7) is 1.49. The second-order valence-electron chi connectivity index (χ2n) is 6.72. The van der Waals surface area contributed by atoms with Gasteiger partial charge in [-0.2, -0.15) is 10.5 Å². The van der Waals surface area contributed by atoms with E-state index in [1.165, 1.54) is 27.1 Å². The molecule has 1 aliphatic heterocycles. The molecule has 0 unspecified atom stereocenters. The van der Waals surface area contributed by atoms with E-state index in [1.54, 1.807) is 0 Å². The molecule has 2 heterocycles. The van der Waals surface area contributed by atoms with Gasteiger partial charge in [-0.05, 0) is 28.9 Å². The molecule has 162 valence electrons. The maximum atomic E-state index is 12.9. The van der Waals surface area contributed by atoms with Crippen molar-refractivity contribution in [1.29, 1.82) is 10.5 Å². The second kappa shape index (κ2) is 8.70. The number of amides is 2. The van der Waals surface area contributed by atoms with Gasteiger partial charge in [0.2, 0.25) is 5.88 Å². The Labute approximate surface area is 189 Å². The summed E-state index contributed by atoms with van der Waals surface area (Å²) in [5, 5.41) is 37.2. The van der Waals surface area contributed by atoms with Gasteiger partial charge in [-0.15, -0.1) is 10.2 Å². The van der Waals surface area contributed by atoms with E-state index >= 15 is 0 Å². The Morgan fingerprint density at radius 2 is 1.81 bits per heavy atom. The Bertz CT molecular complexity index is 1350. The topological polar surface area (TPSA) is 161 Å². The third-order valence-electron chi connectivity index (χ3n) is 4.95. The molecule has 0 spiro atoms. The fourth-order valence-electron chi connectivity index (χ4n) is 3.19. The van der Waals surface area contributed by atoms with Crippen LogP contribution in [0, 0.1) is 29.6 Å². The van der Waals surface area contributed by atoms with Crippen LogP contribution >= 0.6 is 15.9 Å². The monoisotopic (exact) mass is 498 g/mol. The first-order valence-corrected chi connectivity index (χ1v) is 9.84. The minimum atomic E-state index is -0.721. The second-order valence-corrected chi connectivity index (χ2v) is 7.52. The highest BCUT2D eigenvalue weighted by molar-refractivity contribution is 9.10. The molecule has 2 aromatic rings. The molecule has 0 atom stereocenters. The number of carbonyl (C=O) groups excluding carboxylic acids is 2. The molecule has 0 bridgehead atoms. The largest absolute Gasteiger partial charge is 0.493 e. The minimum Gasteiger partial charge on any atom is -0.493 e. The summed E-state index contributed by atoms with van der Waals surface area (Å²) >= 11 is 3.22. The number of imide groups is 1. The lowest BCUT2D eigenvalue weighted by atomic mass is 10.0. The molecule has 1 aromatic carbocycles. The summed E-state index contributed by atoms with van der Waals surface area (Å²) < 4.78 is 5.94. The van der Waals surface area contributed by atoms with Gasteiger partial charge in [-0.3, -0.25) is 23.9 Å². The highest BCUT2D eigenvalue weighted by atomic mass is 79.9. The number of nitrogens with zero attached hydrogens (tertiary/aromatic N) is 6. The molecule has 0 fully saturated rings. The number of benzene rings is 1. The normalized spacial score (nSPS) is 12.9. The maximum Gasteiger partial charge on any atom is 0.281 e. The molecule has 0 radical (unpaired) electrons. The Balaban J connectivity index is 2.23. The number of halogens is 1. The standard InChI is InChI=1S/C20H15BrN6O5/c1-9-12(8-23)18(29)27(4-5-32-3)20(31)15(9)24-25-16-10(7-22)6-11-13(14(16)21)19(30)26(2)17(11)28/h6,29H,4-5H2,1-3H3. The first-order valence-electron chi connectivity index (χ1n) is 9.05. The number of nitriles is 2. The van der Waals surface area contributed by atoms with Crippen molar-refractivity contribution < 1.29 is 19.4 Å². The molecule has 0 saturated heterocycles. The highest BCUT2D eigenvalue weighted by Crippen LogP contribution is 2.39. The van der Waals surface area contributed by atoms with Crippen LogP contribution in [0.15, 0.2) is 25.6 Å². The number of hydrogen-bond acceptors (Lipinski definition) is 9. The summed E-state index contributed by atoms with van der Waals surface area (Å²) in [6.07, 6.45) is 0. The van der Waals surface area contributed by atoms with Crippen LogP contribution in [0.5, 0.6) is 5.88 Å². The zero-order valence-electron chi connectivity index (χ0n) is 17.1. The van der Waals surface area contributed by atoms with E-state index in [-0.39, 0.29) is 56.8 Å². The number of fused-ring (bicyclic) bond motifs is 1. The number of aromatic hydroxyl groups is 1. The van der Waals surface area contributed by atoms with Gasteiger partial charge in [0.25, 0.3) is 17.4 Å². The summed E-state index contributed by atoms with van der Waals surface area (Å²) in [4.78, 5) is 38.4. The maximum absolute atomic E-state index is 12.9. The predicted octanol–water partition coefficient (Wildman–Crippen LogP) is 2.66. The molecule has 3 rings (SSSR count). The van der Waals surface area contributed by atoms with Gasteiger partial charge < -0.3 is 9.84 Å². The lowest BCUT2D eigenvalue weighted by Crippen LogP contribution is -2.24. The quantitative estimate of drug-likeness (QED) is 0.489. The van der Waals surface area contributed by atoms with Crippen LogP contribution in [0.4, 0.5) is 11.4 Å². The zero-order valence-corrected chi connectivity index (χ0v) is 18.7. The Morgan fingerprint density at radius 1 is 1.16 bits per heavy atom. The van der Waals surface area contributed by atoms with Crippen LogP contribution in [0.1, 0.15) is 37.4 Å². The van der Waals surface area contributed by atoms with Crippen molar-refractivity contribution in [2.24, 2.45) is 10.2 Å². The molecule has 1 aliphatic rings. The lowest BCUT2D eigenvalue weighted by molar-refractivity contribution is 0.0693. The van der Waals surface area contributed by atoms with E-state index in [0.717, 1.165) is 9.47 Å². The Kier molecular flexibility index (Phi) is 6.20. The predicted molar refractivity (Wildman–Crippen MR) is 113 cm³/mol. The van der Waals surface area contributed by atoms with Gasteiger partial charge >= 0.3 is 0 Å². The van der Waals surface area contributed by atoms with Gasteiger partial charge in [0.1, 0.15) is 23.4 Å². The molecule has 11 nitrogen and oxygen atoms in total. The average Bonchev–Trinajstić information content (AvgIpc) is 2.98. The van der Waals surface area contributed by atoms with Crippen LogP contribution in [0.2, 0.25) is 0 Å². The number of carbonyl (C=O) groups is 2. The molecular formula is C20H15BrN6O5. The zero-order chi connectivity index (χ0) is 23.7. The fraction of sp³-hybridized carbons (Fsp3) is 0.250. The number of hydrogen-bond donors (Lipinski definition) is 1. The van der Waals surface area contributed by atoms with Crippen LogP contribution < -0.4 is 5.56 Å². The molecular weight excluding hydrogens is 484 g/mol. The molecule has 1 N–H and O–H groups in total. The minimum absolute atomic E-state index is 0.0306. The van der Waals surface area contributed by atoms with E-state index in [9.17, 15) is 30.0 Å². The average molecular weight is 499 g/mol. The summed E-state index contributed by atoms with van der Waals surface area (Å²) in [5.74, 6) is -1.65. The van der Waals surface area contributed by atoms with Crippen molar-refractivity contribution >= 4 is 39.1 Å². The van der Waals surface area contributed by atoms with Crippen molar-refractivity contribution in [3.63, 3.8) is 0 Å². The number of azo groups is 1. The van der Waals surface area contributed by atoms with Gasteiger partial charge in [0.05, 0.1) is 34.3 Å². The number of aromatic nitrogens is 1. The third kappa shape index (κ3) is 3.45. The first kappa shape index (κ1) is 22.8. The lowest BCUT2D eigenvalue weighted by Gasteiger charge is -2.12. The first-order chi connectivity index (χ1) is 15.2. The summed E-state index contributed by atoms with van der Waals surface area (Å²) in [7, 11) is 2.73. The van der Waals surface area contributed by atoms with Crippen molar-refractivity contribution in [3.05, 3.63) is 48.7 Å². The third-order valence-corrected chi connectivity index (χ3v) is 5.72. The van der Waals surface area contributed by atoms with Crippen molar-refractivity contribution in [2.45, 2.75) is 13.5 Å².